The number of carbonyl (C=O) groups excluding carboxylic acids is 1. The van der Waals surface area contributed by atoms with Gasteiger partial charge < -0.3 is 10.6 Å². The average molecular weight is 373 g/mol. The van der Waals surface area contributed by atoms with E-state index in [1.807, 2.05) is 6.92 Å². The summed E-state index contributed by atoms with van der Waals surface area (Å²) in [6, 6.07) is 6.32. The zero-order valence-corrected chi connectivity index (χ0v) is 13.4. The fraction of sp³-hybridized carbons (Fsp3) is 0.143. The van der Waals surface area contributed by atoms with Crippen molar-refractivity contribution in [3.8, 4) is 0 Å². The Morgan fingerprint density at radius 3 is 2.86 bits per heavy atom. The van der Waals surface area contributed by atoms with Crippen LogP contribution in [0.25, 0.3) is 0 Å². The van der Waals surface area contributed by atoms with Gasteiger partial charge in [-0.1, -0.05) is 27.5 Å². The quantitative estimate of drug-likeness (QED) is 0.840. The topological polar surface area (TPSA) is 54.0 Å². The number of nitrogens with zero attached hydrogens (tertiary/aromatic N) is 1. The normalized spacial score (nSPS) is 10.3. The van der Waals surface area contributed by atoms with Crippen LogP contribution < -0.4 is 10.6 Å². The van der Waals surface area contributed by atoms with Crippen LogP contribution >= 0.6 is 27.5 Å². The highest BCUT2D eigenvalue weighted by Gasteiger charge is 2.16. The Morgan fingerprint density at radius 2 is 2.19 bits per heavy atom. The molecule has 110 valence electrons. The van der Waals surface area contributed by atoms with E-state index in [0.717, 1.165) is 4.47 Å². The Kier molecular flexibility index (Phi) is 5.14. The van der Waals surface area contributed by atoms with E-state index in [0.29, 0.717) is 17.3 Å². The van der Waals surface area contributed by atoms with Crippen LogP contribution in [0.3, 0.4) is 0 Å². The molecule has 4 nitrogen and oxygen atoms in total. The van der Waals surface area contributed by atoms with Gasteiger partial charge in [-0.15, -0.1) is 0 Å². The molecule has 0 atom stereocenters. The monoisotopic (exact) mass is 371 g/mol. The van der Waals surface area contributed by atoms with Gasteiger partial charge in [-0.3, -0.25) is 4.79 Å². The molecule has 0 fully saturated rings. The minimum Gasteiger partial charge on any atom is -0.368 e. The van der Waals surface area contributed by atoms with Gasteiger partial charge in [0, 0.05) is 17.2 Å². The van der Waals surface area contributed by atoms with Gasteiger partial charge in [0.1, 0.15) is 0 Å². The fourth-order valence-electron chi connectivity index (χ4n) is 1.69. The lowest BCUT2D eigenvalue weighted by atomic mass is 10.2. The van der Waals surface area contributed by atoms with Gasteiger partial charge in [-0.25, -0.2) is 9.37 Å². The van der Waals surface area contributed by atoms with Crippen molar-refractivity contribution in [2.45, 2.75) is 6.92 Å². The molecular formula is C14H12BrClFN3O. The van der Waals surface area contributed by atoms with E-state index in [1.54, 1.807) is 18.2 Å². The molecule has 1 heterocycles. The number of aromatic nitrogens is 1. The molecule has 0 aliphatic heterocycles. The Bertz CT molecular complexity index is 681. The van der Waals surface area contributed by atoms with E-state index in [4.69, 9.17) is 11.6 Å². The number of amides is 1. The molecule has 0 bridgehead atoms. The maximum absolute atomic E-state index is 14.2. The second-order valence-electron chi connectivity index (χ2n) is 4.13. The number of hydrogen-bond donors (Lipinski definition) is 2. The number of rotatable bonds is 4. The van der Waals surface area contributed by atoms with Gasteiger partial charge in [0.15, 0.2) is 11.6 Å². The molecule has 1 aromatic heterocycles. The first-order chi connectivity index (χ1) is 10.0. The standard InChI is InChI=1S/C14H12BrClFN3O/c1-2-18-13-12(17)9(5-6-19-13)14(21)20-11-4-3-8(15)7-10(11)16/h3-7H,2H2,1H3,(H,18,19)(H,20,21). The van der Waals surface area contributed by atoms with Crippen molar-refractivity contribution in [1.29, 1.82) is 0 Å². The van der Waals surface area contributed by atoms with Crippen molar-refractivity contribution in [2.75, 3.05) is 17.2 Å². The molecule has 1 amide bonds. The van der Waals surface area contributed by atoms with Crippen LogP contribution in [0.2, 0.25) is 5.02 Å². The van der Waals surface area contributed by atoms with Crippen LogP contribution in [0, 0.1) is 5.82 Å². The van der Waals surface area contributed by atoms with Crippen molar-refractivity contribution in [2.24, 2.45) is 0 Å². The largest absolute Gasteiger partial charge is 0.368 e. The lowest BCUT2D eigenvalue weighted by molar-refractivity contribution is 0.102. The summed E-state index contributed by atoms with van der Waals surface area (Å²) in [4.78, 5) is 16.0. The van der Waals surface area contributed by atoms with E-state index in [-0.39, 0.29) is 11.4 Å². The smallest absolute Gasteiger partial charge is 0.258 e. The van der Waals surface area contributed by atoms with Crippen molar-refractivity contribution in [3.63, 3.8) is 0 Å². The lowest BCUT2D eigenvalue weighted by Crippen LogP contribution is -2.16. The molecule has 7 heteroatoms. The number of carbonyl (C=O) groups is 1. The van der Waals surface area contributed by atoms with Crippen molar-refractivity contribution < 1.29 is 9.18 Å². The van der Waals surface area contributed by atoms with Gasteiger partial charge in [0.05, 0.1) is 16.3 Å². The van der Waals surface area contributed by atoms with Crippen LogP contribution in [-0.2, 0) is 0 Å². The van der Waals surface area contributed by atoms with Gasteiger partial charge >= 0.3 is 0 Å². The number of nitrogens with one attached hydrogen (secondary N) is 2. The summed E-state index contributed by atoms with van der Waals surface area (Å²) in [5.74, 6) is -1.23. The van der Waals surface area contributed by atoms with E-state index in [9.17, 15) is 9.18 Å². The minimum atomic E-state index is -0.690. The third-order valence-corrected chi connectivity index (χ3v) is 3.46. The Morgan fingerprint density at radius 1 is 1.43 bits per heavy atom. The first kappa shape index (κ1) is 15.7. The summed E-state index contributed by atoms with van der Waals surface area (Å²) in [6.45, 7) is 2.32. The summed E-state index contributed by atoms with van der Waals surface area (Å²) in [5.41, 5.74) is 0.311. The molecule has 0 radical (unpaired) electrons. The summed E-state index contributed by atoms with van der Waals surface area (Å²) in [7, 11) is 0. The lowest BCUT2D eigenvalue weighted by Gasteiger charge is -2.10. The van der Waals surface area contributed by atoms with Crippen molar-refractivity contribution in [1.82, 2.24) is 4.98 Å². The van der Waals surface area contributed by atoms with E-state index >= 15 is 0 Å². The molecular weight excluding hydrogens is 361 g/mol. The van der Waals surface area contributed by atoms with Crippen LogP contribution in [0.4, 0.5) is 15.9 Å². The zero-order valence-electron chi connectivity index (χ0n) is 11.1. The highest BCUT2D eigenvalue weighted by Crippen LogP contribution is 2.26. The van der Waals surface area contributed by atoms with Crippen molar-refractivity contribution in [3.05, 3.63) is 51.3 Å². The van der Waals surface area contributed by atoms with E-state index in [2.05, 4.69) is 31.5 Å². The van der Waals surface area contributed by atoms with Gasteiger partial charge in [-0.2, -0.15) is 0 Å². The average Bonchev–Trinajstić information content (AvgIpc) is 2.44. The molecule has 0 saturated heterocycles. The summed E-state index contributed by atoms with van der Waals surface area (Å²) < 4.78 is 14.9. The number of benzene rings is 1. The van der Waals surface area contributed by atoms with Gasteiger partial charge in [-0.05, 0) is 31.2 Å². The number of anilines is 2. The molecule has 1 aromatic carbocycles. The Hall–Kier alpha value is -1.66. The van der Waals surface area contributed by atoms with Crippen LogP contribution in [0.15, 0.2) is 34.9 Å². The predicted octanol–water partition coefficient (Wildman–Crippen LogP) is 4.32. The second kappa shape index (κ2) is 6.87. The van der Waals surface area contributed by atoms with Crippen molar-refractivity contribution >= 4 is 44.9 Å². The highest BCUT2D eigenvalue weighted by molar-refractivity contribution is 9.10. The molecule has 21 heavy (non-hydrogen) atoms. The van der Waals surface area contributed by atoms with Crippen LogP contribution in [-0.4, -0.2) is 17.4 Å². The number of pyridine rings is 1. The first-order valence-electron chi connectivity index (χ1n) is 6.17. The SMILES string of the molecule is CCNc1nccc(C(=O)Nc2ccc(Br)cc2Cl)c1F. The Balaban J connectivity index is 2.26. The van der Waals surface area contributed by atoms with E-state index in [1.165, 1.54) is 12.3 Å². The number of halogens is 3. The summed E-state index contributed by atoms with van der Waals surface area (Å²) >= 11 is 9.29. The molecule has 0 aliphatic rings. The number of hydrogen-bond acceptors (Lipinski definition) is 3. The maximum Gasteiger partial charge on any atom is 0.258 e. The summed E-state index contributed by atoms with van der Waals surface area (Å²) in [6.07, 6.45) is 1.37. The fourth-order valence-corrected chi connectivity index (χ4v) is 2.41. The Labute approximate surface area is 134 Å². The third-order valence-electron chi connectivity index (χ3n) is 2.66. The molecule has 0 saturated carbocycles. The van der Waals surface area contributed by atoms with E-state index < -0.39 is 11.7 Å². The first-order valence-corrected chi connectivity index (χ1v) is 7.34. The van der Waals surface area contributed by atoms with Crippen LogP contribution in [0.1, 0.15) is 17.3 Å². The van der Waals surface area contributed by atoms with Gasteiger partial charge in [0.2, 0.25) is 0 Å². The highest BCUT2D eigenvalue weighted by atomic mass is 79.9. The molecule has 2 aromatic rings. The van der Waals surface area contributed by atoms with Crippen LogP contribution in [0.5, 0.6) is 0 Å². The predicted molar refractivity (Wildman–Crippen MR) is 85.5 cm³/mol. The molecule has 0 aliphatic carbocycles. The third kappa shape index (κ3) is 3.71. The maximum atomic E-state index is 14.2. The molecule has 2 N–H and O–H groups in total. The molecule has 0 spiro atoms. The summed E-state index contributed by atoms with van der Waals surface area (Å²) in [5, 5.41) is 5.69. The second-order valence-corrected chi connectivity index (χ2v) is 5.45. The minimum absolute atomic E-state index is 0.0482. The molecule has 2 rings (SSSR count). The molecule has 0 unspecified atom stereocenters. The zero-order chi connectivity index (χ0) is 15.4. The van der Waals surface area contributed by atoms with Gasteiger partial charge in [0.25, 0.3) is 5.91 Å².